The highest BCUT2D eigenvalue weighted by Crippen LogP contribution is 2.33. The van der Waals surface area contributed by atoms with Crippen LogP contribution in [0.4, 0.5) is 0 Å². The van der Waals surface area contributed by atoms with Crippen molar-refractivity contribution in [2.24, 2.45) is 5.73 Å². The Morgan fingerprint density at radius 1 is 0.585 bits per heavy atom. The summed E-state index contributed by atoms with van der Waals surface area (Å²) in [6.07, 6.45) is -13.5. The van der Waals surface area contributed by atoms with Crippen LogP contribution < -0.4 is 5.73 Å². The highest BCUT2D eigenvalue weighted by Gasteiger charge is 2.56. The molecule has 2 rings (SSSR count). The fraction of sp³-hybridized carbons (Fsp3) is 0.750. The molecule has 2 heterocycles. The van der Waals surface area contributed by atoms with E-state index in [2.05, 4.69) is 0 Å². The van der Waals surface area contributed by atoms with Crippen molar-refractivity contribution in [2.75, 3.05) is 13.2 Å². The standard InChI is InChI=1S/C24H35NO16/c1-9(26)33-7-15-18(20(36-12(4)29)17(25)23(32)39-15)41-24-22(38-14(6)31)21(37-13(5)30)19(35-11(3)28)16(40-24)8-34-10(2)27/h15-24,32H,7-8,25H2,1-6H3/t15-,16-,17-,18-,19+,20-,21+,22-,23-,24+/m1/s1. The first-order valence-electron chi connectivity index (χ1n) is 12.5. The molecule has 0 radical (unpaired) electrons. The van der Waals surface area contributed by atoms with Crippen molar-refractivity contribution in [1.29, 1.82) is 0 Å². The van der Waals surface area contributed by atoms with E-state index in [9.17, 15) is 33.9 Å². The Balaban J connectivity index is 2.58. The normalized spacial score (nSPS) is 33.1. The van der Waals surface area contributed by atoms with Crippen LogP contribution in [0.5, 0.6) is 0 Å². The van der Waals surface area contributed by atoms with Crippen LogP contribution in [-0.2, 0) is 71.4 Å². The molecular weight excluding hydrogens is 558 g/mol. The predicted octanol–water partition coefficient (Wildman–Crippen LogP) is -2.01. The minimum atomic E-state index is -1.70. The molecule has 0 bridgehead atoms. The van der Waals surface area contributed by atoms with Gasteiger partial charge in [-0.05, 0) is 0 Å². The lowest BCUT2D eigenvalue weighted by atomic mass is 9.95. The molecule has 2 aliphatic heterocycles. The number of nitrogens with two attached hydrogens (primary N) is 1. The van der Waals surface area contributed by atoms with E-state index >= 15 is 0 Å². The van der Waals surface area contributed by atoms with Gasteiger partial charge in [0, 0.05) is 41.5 Å². The maximum absolute atomic E-state index is 12.1. The average molecular weight is 594 g/mol. The number of carbonyl (C=O) groups is 6. The molecule has 0 spiro atoms. The lowest BCUT2D eigenvalue weighted by molar-refractivity contribution is -0.346. The predicted molar refractivity (Wildman–Crippen MR) is 128 cm³/mol. The van der Waals surface area contributed by atoms with Crippen molar-refractivity contribution in [3.8, 4) is 0 Å². The summed E-state index contributed by atoms with van der Waals surface area (Å²) in [5.41, 5.74) is 6.03. The number of aliphatic hydroxyl groups is 1. The van der Waals surface area contributed by atoms with Crippen molar-refractivity contribution in [1.82, 2.24) is 0 Å². The molecular formula is C24H35NO16. The van der Waals surface area contributed by atoms with E-state index < -0.39 is 110 Å². The van der Waals surface area contributed by atoms with E-state index in [0.717, 1.165) is 41.5 Å². The number of hydrogen-bond acceptors (Lipinski definition) is 17. The Bertz CT molecular complexity index is 987. The number of aliphatic hydroxyl groups excluding tert-OH is 1. The third kappa shape index (κ3) is 9.89. The van der Waals surface area contributed by atoms with Crippen LogP contribution in [0, 0.1) is 0 Å². The van der Waals surface area contributed by atoms with Gasteiger partial charge in [0.25, 0.3) is 0 Å². The summed E-state index contributed by atoms with van der Waals surface area (Å²) in [6.45, 7) is 5.40. The molecule has 0 aliphatic carbocycles. The Kier molecular flexibility index (Phi) is 12.4. The van der Waals surface area contributed by atoms with Crippen molar-refractivity contribution < 1.29 is 76.5 Å². The van der Waals surface area contributed by atoms with Gasteiger partial charge in [0.15, 0.2) is 37.0 Å². The minimum Gasteiger partial charge on any atom is -0.463 e. The van der Waals surface area contributed by atoms with Gasteiger partial charge in [-0.15, -0.1) is 0 Å². The summed E-state index contributed by atoms with van der Waals surface area (Å²) >= 11 is 0. The first-order valence-corrected chi connectivity index (χ1v) is 12.5. The van der Waals surface area contributed by atoms with Gasteiger partial charge in [0.05, 0.1) is 6.04 Å². The second-order valence-electron chi connectivity index (χ2n) is 9.19. The topological polar surface area (TPSA) is 232 Å². The van der Waals surface area contributed by atoms with Crippen LogP contribution in [-0.4, -0.2) is 115 Å². The largest absolute Gasteiger partial charge is 0.463 e. The molecule has 17 heteroatoms. The second kappa shape index (κ2) is 15.0. The Morgan fingerprint density at radius 2 is 1.00 bits per heavy atom. The van der Waals surface area contributed by atoms with E-state index in [1.165, 1.54) is 0 Å². The van der Waals surface area contributed by atoms with E-state index in [1.807, 2.05) is 0 Å². The molecule has 17 nitrogen and oxygen atoms in total. The van der Waals surface area contributed by atoms with Gasteiger partial charge in [-0.3, -0.25) is 28.8 Å². The molecule has 10 atom stereocenters. The fourth-order valence-electron chi connectivity index (χ4n) is 4.23. The Hall–Kier alpha value is -3.38. The van der Waals surface area contributed by atoms with Gasteiger partial charge in [-0.2, -0.15) is 0 Å². The molecule has 3 N–H and O–H groups in total. The third-order valence-corrected chi connectivity index (χ3v) is 5.71. The van der Waals surface area contributed by atoms with Gasteiger partial charge >= 0.3 is 35.8 Å². The van der Waals surface area contributed by atoms with Crippen LogP contribution in [0.2, 0.25) is 0 Å². The smallest absolute Gasteiger partial charge is 0.303 e. The van der Waals surface area contributed by atoms with Crippen LogP contribution in [0.25, 0.3) is 0 Å². The van der Waals surface area contributed by atoms with Crippen LogP contribution >= 0.6 is 0 Å². The summed E-state index contributed by atoms with van der Waals surface area (Å²) in [5.74, 6) is -4.84. The van der Waals surface area contributed by atoms with Crippen molar-refractivity contribution >= 4 is 35.8 Å². The third-order valence-electron chi connectivity index (χ3n) is 5.71. The molecule has 0 aromatic rings. The monoisotopic (exact) mass is 593 g/mol. The van der Waals surface area contributed by atoms with Gasteiger partial charge < -0.3 is 53.5 Å². The average Bonchev–Trinajstić information content (AvgIpc) is 2.83. The molecule has 232 valence electrons. The number of ether oxygens (including phenoxy) is 9. The van der Waals surface area contributed by atoms with E-state index in [0.29, 0.717) is 0 Å². The lowest BCUT2D eigenvalue weighted by Crippen LogP contribution is -2.68. The van der Waals surface area contributed by atoms with E-state index in [4.69, 9.17) is 48.4 Å². The Labute approximate surface area is 234 Å². The first-order chi connectivity index (χ1) is 19.1. The van der Waals surface area contributed by atoms with Crippen LogP contribution in [0.15, 0.2) is 0 Å². The fourth-order valence-corrected chi connectivity index (χ4v) is 4.23. The number of hydrogen-bond donors (Lipinski definition) is 2. The van der Waals surface area contributed by atoms with Gasteiger partial charge in [-0.25, -0.2) is 0 Å². The zero-order valence-corrected chi connectivity index (χ0v) is 23.3. The Morgan fingerprint density at radius 3 is 1.46 bits per heavy atom. The maximum Gasteiger partial charge on any atom is 0.303 e. The van der Waals surface area contributed by atoms with Crippen molar-refractivity contribution in [3.63, 3.8) is 0 Å². The molecule has 2 aliphatic rings. The molecule has 2 saturated heterocycles. The molecule has 0 aromatic carbocycles. The molecule has 2 fully saturated rings. The molecule has 41 heavy (non-hydrogen) atoms. The molecule has 0 amide bonds. The van der Waals surface area contributed by atoms with Crippen molar-refractivity contribution in [2.45, 2.75) is 103 Å². The summed E-state index contributed by atoms with van der Waals surface area (Å²) in [7, 11) is 0. The summed E-state index contributed by atoms with van der Waals surface area (Å²) in [5, 5.41) is 10.3. The van der Waals surface area contributed by atoms with Crippen LogP contribution in [0.1, 0.15) is 41.5 Å². The van der Waals surface area contributed by atoms with Crippen molar-refractivity contribution in [3.05, 3.63) is 0 Å². The maximum atomic E-state index is 12.1. The summed E-state index contributed by atoms with van der Waals surface area (Å²) in [4.78, 5) is 71.0. The first kappa shape index (κ1) is 33.8. The van der Waals surface area contributed by atoms with Gasteiger partial charge in [0.2, 0.25) is 0 Å². The minimum absolute atomic E-state index is 0.507. The van der Waals surface area contributed by atoms with E-state index in [-0.39, 0.29) is 0 Å². The SMILES string of the molecule is CC(=O)OC[C@H]1O[C@@H](O[C@H]2[C@H](OC(C)=O)[C@@H](N)[C@H](O)O[C@@H]2COC(C)=O)[C@H](OC(C)=O)[C@@H](OC(C)=O)[C@H]1OC(C)=O. The molecule has 0 aromatic heterocycles. The zero-order chi connectivity index (χ0) is 31.0. The summed E-state index contributed by atoms with van der Waals surface area (Å²) < 4.78 is 48.8. The van der Waals surface area contributed by atoms with Crippen LogP contribution in [0.3, 0.4) is 0 Å². The number of rotatable bonds is 10. The zero-order valence-electron chi connectivity index (χ0n) is 23.3. The number of carbonyl (C=O) groups excluding carboxylic acids is 6. The van der Waals surface area contributed by atoms with E-state index in [1.54, 1.807) is 0 Å². The summed E-state index contributed by atoms with van der Waals surface area (Å²) in [6, 6.07) is -1.37. The highest BCUT2D eigenvalue weighted by atomic mass is 16.8. The number of esters is 6. The quantitative estimate of drug-likeness (QED) is 0.206. The molecule has 0 saturated carbocycles. The lowest BCUT2D eigenvalue weighted by Gasteiger charge is -2.48. The highest BCUT2D eigenvalue weighted by molar-refractivity contribution is 5.69. The second-order valence-corrected chi connectivity index (χ2v) is 9.19. The molecule has 0 unspecified atom stereocenters. The van der Waals surface area contributed by atoms with Gasteiger partial charge in [0.1, 0.15) is 31.5 Å². The van der Waals surface area contributed by atoms with Gasteiger partial charge in [-0.1, -0.05) is 0 Å².